The van der Waals surface area contributed by atoms with Gasteiger partial charge in [0.25, 0.3) is 0 Å². The third-order valence-electron chi connectivity index (χ3n) is 5.14. The standard InChI is InChI=1S/C17H23ClFNO/c1-2-10-20-14-11-15(17(14)8-3-4-9-17)21-16-12(18)6-5-7-13(16)19/h5-7,14-15,20H,2-4,8-11H2,1H3. The van der Waals surface area contributed by atoms with E-state index < -0.39 is 0 Å². The smallest absolute Gasteiger partial charge is 0.173 e. The lowest BCUT2D eigenvalue weighted by Crippen LogP contribution is -2.64. The highest BCUT2D eigenvalue weighted by Gasteiger charge is 2.57. The van der Waals surface area contributed by atoms with Gasteiger partial charge in [0.15, 0.2) is 11.6 Å². The number of ether oxygens (including phenoxy) is 1. The van der Waals surface area contributed by atoms with Crippen LogP contribution in [-0.4, -0.2) is 18.7 Å². The van der Waals surface area contributed by atoms with Gasteiger partial charge >= 0.3 is 0 Å². The van der Waals surface area contributed by atoms with Crippen LogP contribution in [0.4, 0.5) is 4.39 Å². The van der Waals surface area contributed by atoms with Crippen LogP contribution in [0.2, 0.25) is 5.02 Å². The third-order valence-corrected chi connectivity index (χ3v) is 5.44. The van der Waals surface area contributed by atoms with E-state index in [4.69, 9.17) is 16.3 Å². The van der Waals surface area contributed by atoms with Crippen molar-refractivity contribution in [2.24, 2.45) is 5.41 Å². The lowest BCUT2D eigenvalue weighted by Gasteiger charge is -2.54. The Kier molecular flexibility index (Phi) is 4.41. The van der Waals surface area contributed by atoms with Crippen LogP contribution in [0.25, 0.3) is 0 Å². The highest BCUT2D eigenvalue weighted by atomic mass is 35.5. The summed E-state index contributed by atoms with van der Waals surface area (Å²) in [5.41, 5.74) is 0.181. The first kappa shape index (κ1) is 15.1. The van der Waals surface area contributed by atoms with E-state index in [0.29, 0.717) is 11.1 Å². The van der Waals surface area contributed by atoms with E-state index in [2.05, 4.69) is 12.2 Å². The van der Waals surface area contributed by atoms with Crippen molar-refractivity contribution in [1.82, 2.24) is 5.32 Å². The SMILES string of the molecule is CCCNC1CC(Oc2c(F)cccc2Cl)C12CCCC2. The van der Waals surface area contributed by atoms with Crippen molar-refractivity contribution in [2.75, 3.05) is 6.54 Å². The summed E-state index contributed by atoms with van der Waals surface area (Å²) in [5.74, 6) is -0.134. The zero-order chi connectivity index (χ0) is 14.9. The molecule has 2 saturated carbocycles. The monoisotopic (exact) mass is 311 g/mol. The van der Waals surface area contributed by atoms with E-state index in [-0.39, 0.29) is 23.1 Å². The molecule has 0 bridgehead atoms. The number of nitrogens with one attached hydrogen (secondary N) is 1. The summed E-state index contributed by atoms with van der Waals surface area (Å²) in [6, 6.07) is 5.22. The van der Waals surface area contributed by atoms with Crippen LogP contribution in [0, 0.1) is 11.2 Å². The van der Waals surface area contributed by atoms with E-state index in [1.165, 1.54) is 31.7 Å². The number of para-hydroxylation sites is 1. The fourth-order valence-corrected chi connectivity index (χ4v) is 4.17. The molecule has 0 aromatic heterocycles. The average Bonchev–Trinajstić information content (AvgIpc) is 2.97. The molecule has 4 heteroatoms. The van der Waals surface area contributed by atoms with Gasteiger partial charge in [-0.3, -0.25) is 0 Å². The Labute approximate surface area is 131 Å². The zero-order valence-electron chi connectivity index (χ0n) is 12.5. The largest absolute Gasteiger partial charge is 0.485 e. The second-order valence-corrected chi connectivity index (χ2v) is 6.75. The van der Waals surface area contributed by atoms with Crippen molar-refractivity contribution >= 4 is 11.6 Å². The number of hydrogen-bond acceptors (Lipinski definition) is 2. The van der Waals surface area contributed by atoms with Crippen LogP contribution in [0.3, 0.4) is 0 Å². The van der Waals surface area contributed by atoms with Gasteiger partial charge in [-0.1, -0.05) is 37.4 Å². The maximum atomic E-state index is 13.9. The Hall–Kier alpha value is -0.800. The molecule has 2 aliphatic rings. The van der Waals surface area contributed by atoms with Crippen LogP contribution >= 0.6 is 11.6 Å². The molecule has 2 fully saturated rings. The summed E-state index contributed by atoms with van der Waals surface area (Å²) in [7, 11) is 0. The van der Waals surface area contributed by atoms with Crippen LogP contribution in [0.1, 0.15) is 45.4 Å². The molecule has 0 aliphatic heterocycles. The zero-order valence-corrected chi connectivity index (χ0v) is 13.3. The first-order valence-corrected chi connectivity index (χ1v) is 8.39. The summed E-state index contributed by atoms with van der Waals surface area (Å²) in [5, 5.41) is 4.01. The number of benzene rings is 1. The normalized spacial score (nSPS) is 26.8. The molecule has 1 spiro atoms. The van der Waals surface area contributed by atoms with Gasteiger partial charge in [0, 0.05) is 17.9 Å². The minimum absolute atomic E-state index is 0.0868. The Balaban J connectivity index is 1.74. The summed E-state index contributed by atoms with van der Waals surface area (Å²) < 4.78 is 19.9. The van der Waals surface area contributed by atoms with Gasteiger partial charge < -0.3 is 10.1 Å². The van der Waals surface area contributed by atoms with Crippen molar-refractivity contribution in [3.63, 3.8) is 0 Å². The molecule has 2 nitrogen and oxygen atoms in total. The molecule has 0 radical (unpaired) electrons. The summed E-state index contributed by atoms with van der Waals surface area (Å²) in [6.45, 7) is 3.22. The van der Waals surface area contributed by atoms with Gasteiger partial charge in [-0.05, 0) is 37.9 Å². The predicted octanol–water partition coefficient (Wildman–Crippen LogP) is 4.56. The van der Waals surface area contributed by atoms with Gasteiger partial charge in [0.1, 0.15) is 6.10 Å². The van der Waals surface area contributed by atoms with Crippen LogP contribution in [-0.2, 0) is 0 Å². The molecule has 3 rings (SSSR count). The molecule has 1 N–H and O–H groups in total. The Morgan fingerprint density at radius 3 is 2.81 bits per heavy atom. The Morgan fingerprint density at radius 1 is 1.38 bits per heavy atom. The fraction of sp³-hybridized carbons (Fsp3) is 0.647. The predicted molar refractivity (Wildman–Crippen MR) is 83.4 cm³/mol. The topological polar surface area (TPSA) is 21.3 Å². The van der Waals surface area contributed by atoms with Gasteiger partial charge in [-0.25, -0.2) is 4.39 Å². The van der Waals surface area contributed by atoms with Crippen molar-refractivity contribution in [1.29, 1.82) is 0 Å². The van der Waals surface area contributed by atoms with E-state index in [1.807, 2.05) is 0 Å². The number of rotatable bonds is 5. The quantitative estimate of drug-likeness (QED) is 0.860. The molecule has 0 heterocycles. The van der Waals surface area contributed by atoms with Gasteiger partial charge in [0.05, 0.1) is 5.02 Å². The van der Waals surface area contributed by atoms with Gasteiger partial charge in [-0.2, -0.15) is 0 Å². The van der Waals surface area contributed by atoms with Crippen LogP contribution < -0.4 is 10.1 Å². The molecule has 2 aliphatic carbocycles. The Bertz CT molecular complexity index is 481. The van der Waals surface area contributed by atoms with E-state index >= 15 is 0 Å². The molecule has 1 aromatic carbocycles. The van der Waals surface area contributed by atoms with E-state index in [1.54, 1.807) is 12.1 Å². The maximum absolute atomic E-state index is 13.9. The lowest BCUT2D eigenvalue weighted by atomic mass is 9.60. The molecule has 2 unspecified atom stereocenters. The molecular formula is C17H23ClFNO. The van der Waals surface area contributed by atoms with Crippen molar-refractivity contribution in [3.05, 3.63) is 29.0 Å². The third kappa shape index (κ3) is 2.66. The lowest BCUT2D eigenvalue weighted by molar-refractivity contribution is -0.0773. The highest BCUT2D eigenvalue weighted by molar-refractivity contribution is 6.32. The van der Waals surface area contributed by atoms with Gasteiger partial charge in [0.2, 0.25) is 0 Å². The highest BCUT2D eigenvalue weighted by Crippen LogP contribution is 2.55. The van der Waals surface area contributed by atoms with Crippen LogP contribution in [0.5, 0.6) is 5.75 Å². The second kappa shape index (κ2) is 6.13. The van der Waals surface area contributed by atoms with Crippen molar-refractivity contribution in [3.8, 4) is 5.75 Å². The number of halogens is 2. The van der Waals surface area contributed by atoms with E-state index in [9.17, 15) is 4.39 Å². The summed E-state index contributed by atoms with van der Waals surface area (Å²) >= 11 is 6.09. The van der Waals surface area contributed by atoms with Crippen molar-refractivity contribution < 1.29 is 9.13 Å². The Morgan fingerprint density at radius 2 is 2.14 bits per heavy atom. The maximum Gasteiger partial charge on any atom is 0.173 e. The first-order chi connectivity index (χ1) is 10.2. The average molecular weight is 312 g/mol. The molecule has 21 heavy (non-hydrogen) atoms. The fourth-order valence-electron chi connectivity index (χ4n) is 3.96. The first-order valence-electron chi connectivity index (χ1n) is 8.01. The summed E-state index contributed by atoms with van der Waals surface area (Å²) in [4.78, 5) is 0. The summed E-state index contributed by atoms with van der Waals surface area (Å²) in [6.07, 6.45) is 7.01. The van der Waals surface area contributed by atoms with Gasteiger partial charge in [-0.15, -0.1) is 0 Å². The van der Waals surface area contributed by atoms with E-state index in [0.717, 1.165) is 19.4 Å². The second-order valence-electron chi connectivity index (χ2n) is 6.34. The van der Waals surface area contributed by atoms with Crippen LogP contribution in [0.15, 0.2) is 18.2 Å². The molecule has 2 atom stereocenters. The molecule has 0 saturated heterocycles. The minimum atomic E-state index is -0.361. The minimum Gasteiger partial charge on any atom is -0.485 e. The molecule has 0 amide bonds. The molecule has 116 valence electrons. The van der Waals surface area contributed by atoms with Crippen molar-refractivity contribution in [2.45, 2.75) is 57.6 Å². The molecule has 1 aromatic rings. The molecular weight excluding hydrogens is 289 g/mol. The number of hydrogen-bond donors (Lipinski definition) is 1.